The Kier molecular flexibility index (Phi) is 6.02. The van der Waals surface area contributed by atoms with E-state index < -0.39 is 0 Å². The smallest absolute Gasteiger partial charge is 0.108 e. The van der Waals surface area contributed by atoms with E-state index in [4.69, 9.17) is 9.47 Å². The Morgan fingerprint density at radius 2 is 2.00 bits per heavy atom. The van der Waals surface area contributed by atoms with Gasteiger partial charge in [0.2, 0.25) is 0 Å². The number of hydrogen-bond donors (Lipinski definition) is 0. The van der Waals surface area contributed by atoms with Crippen molar-refractivity contribution in [3.05, 3.63) is 18.7 Å². The highest BCUT2D eigenvalue weighted by atomic mass is 16.5. The maximum atomic E-state index is 5.37. The molecule has 0 amide bonds. The van der Waals surface area contributed by atoms with Gasteiger partial charge in [0.05, 0.1) is 26.1 Å². The van der Waals surface area contributed by atoms with Crippen molar-refractivity contribution < 1.29 is 9.47 Å². The zero-order valence-corrected chi connectivity index (χ0v) is 8.61. The fraction of sp³-hybridized carbons (Fsp3) is 0.700. The molecule has 0 atom stereocenters. The second-order valence-corrected chi connectivity index (χ2v) is 2.97. The lowest BCUT2D eigenvalue weighted by Gasteiger charge is -2.05. The molecular weight excluding hydrogens is 180 g/mol. The van der Waals surface area contributed by atoms with Gasteiger partial charge in [-0.3, -0.25) is 0 Å². The topological polar surface area (TPSA) is 36.3 Å². The quantitative estimate of drug-likeness (QED) is 0.586. The molecule has 14 heavy (non-hydrogen) atoms. The largest absolute Gasteiger partial charge is 0.379 e. The Morgan fingerprint density at radius 3 is 2.64 bits per heavy atom. The number of nitrogens with zero attached hydrogens (tertiary/aromatic N) is 2. The van der Waals surface area contributed by atoms with E-state index in [1.807, 2.05) is 4.57 Å². The molecule has 0 bridgehead atoms. The van der Waals surface area contributed by atoms with Gasteiger partial charge in [-0.15, -0.1) is 0 Å². The first-order valence-electron chi connectivity index (χ1n) is 4.96. The number of ether oxygens (including phenoxy) is 2. The van der Waals surface area contributed by atoms with Crippen LogP contribution in [-0.4, -0.2) is 36.0 Å². The number of aromatic nitrogens is 2. The Bertz CT molecular complexity index is 212. The zero-order chi connectivity index (χ0) is 10.1. The summed E-state index contributed by atoms with van der Waals surface area (Å²) in [5, 5.41) is 0. The summed E-state index contributed by atoms with van der Waals surface area (Å²) in [5.74, 6) is 0. The second-order valence-electron chi connectivity index (χ2n) is 2.97. The molecule has 1 radical (unpaired) electrons. The SMILES string of the molecule is CCCOCCOCCn1c[c]nc1. The first-order chi connectivity index (χ1) is 6.93. The van der Waals surface area contributed by atoms with Gasteiger partial charge in [0.15, 0.2) is 0 Å². The van der Waals surface area contributed by atoms with Gasteiger partial charge in [0, 0.05) is 19.3 Å². The molecule has 4 nitrogen and oxygen atoms in total. The molecule has 0 N–H and O–H groups in total. The molecule has 0 aliphatic heterocycles. The lowest BCUT2D eigenvalue weighted by Crippen LogP contribution is -2.09. The van der Waals surface area contributed by atoms with Crippen molar-refractivity contribution in [2.45, 2.75) is 19.9 Å². The van der Waals surface area contributed by atoms with Gasteiger partial charge in [-0.2, -0.15) is 0 Å². The molecule has 0 fully saturated rings. The molecule has 0 saturated carbocycles. The van der Waals surface area contributed by atoms with Gasteiger partial charge in [0.25, 0.3) is 0 Å². The summed E-state index contributed by atoms with van der Waals surface area (Å²) in [6.07, 6.45) is 7.33. The third-order valence-electron chi connectivity index (χ3n) is 1.72. The minimum Gasteiger partial charge on any atom is -0.379 e. The van der Waals surface area contributed by atoms with Crippen molar-refractivity contribution in [1.82, 2.24) is 9.55 Å². The van der Waals surface area contributed by atoms with Gasteiger partial charge in [-0.05, 0) is 6.42 Å². The molecule has 1 aromatic heterocycles. The van der Waals surface area contributed by atoms with Crippen LogP contribution in [0.3, 0.4) is 0 Å². The fourth-order valence-electron chi connectivity index (χ4n) is 1.01. The summed E-state index contributed by atoms with van der Waals surface area (Å²) in [6.45, 7) is 5.78. The predicted octanol–water partition coefficient (Wildman–Crippen LogP) is 1.13. The molecule has 0 aromatic carbocycles. The van der Waals surface area contributed by atoms with Gasteiger partial charge < -0.3 is 14.0 Å². The van der Waals surface area contributed by atoms with E-state index in [0.717, 1.165) is 19.6 Å². The predicted molar refractivity (Wildman–Crippen MR) is 53.0 cm³/mol. The van der Waals surface area contributed by atoms with Crippen molar-refractivity contribution in [3.8, 4) is 0 Å². The van der Waals surface area contributed by atoms with Crippen LogP contribution in [0.15, 0.2) is 12.5 Å². The summed E-state index contributed by atoms with van der Waals surface area (Å²) in [4.78, 5) is 3.82. The third-order valence-corrected chi connectivity index (χ3v) is 1.72. The van der Waals surface area contributed by atoms with Crippen LogP contribution < -0.4 is 0 Å². The molecule has 1 heterocycles. The summed E-state index contributed by atoms with van der Waals surface area (Å²) >= 11 is 0. The van der Waals surface area contributed by atoms with Crippen LogP contribution in [0.1, 0.15) is 13.3 Å². The molecule has 1 rings (SSSR count). The minimum absolute atomic E-state index is 0.665. The van der Waals surface area contributed by atoms with Crippen LogP contribution in [0.5, 0.6) is 0 Å². The van der Waals surface area contributed by atoms with Gasteiger partial charge in [-0.25, -0.2) is 4.98 Å². The molecule has 0 aliphatic carbocycles. The summed E-state index contributed by atoms with van der Waals surface area (Å²) in [5.41, 5.74) is 0. The van der Waals surface area contributed by atoms with E-state index in [0.29, 0.717) is 19.8 Å². The summed E-state index contributed by atoms with van der Waals surface area (Å²) in [6, 6.07) is 0. The molecule has 0 saturated heterocycles. The molecule has 0 unspecified atom stereocenters. The maximum absolute atomic E-state index is 5.37. The molecule has 0 spiro atoms. The van der Waals surface area contributed by atoms with Crippen LogP contribution in [0.4, 0.5) is 0 Å². The fourth-order valence-corrected chi connectivity index (χ4v) is 1.01. The van der Waals surface area contributed by atoms with E-state index in [2.05, 4.69) is 18.1 Å². The van der Waals surface area contributed by atoms with Crippen LogP contribution in [0, 0.1) is 6.20 Å². The Balaban J connectivity index is 1.85. The van der Waals surface area contributed by atoms with Crippen LogP contribution in [-0.2, 0) is 16.0 Å². The first-order valence-corrected chi connectivity index (χ1v) is 4.96. The van der Waals surface area contributed by atoms with Crippen molar-refractivity contribution in [2.24, 2.45) is 0 Å². The van der Waals surface area contributed by atoms with Crippen molar-refractivity contribution in [1.29, 1.82) is 0 Å². The average Bonchev–Trinajstić information content (AvgIpc) is 2.69. The summed E-state index contributed by atoms with van der Waals surface area (Å²) < 4.78 is 12.6. The van der Waals surface area contributed by atoms with Crippen molar-refractivity contribution in [3.63, 3.8) is 0 Å². The van der Waals surface area contributed by atoms with E-state index in [-0.39, 0.29) is 0 Å². The molecular formula is C10H17N2O2. The van der Waals surface area contributed by atoms with Crippen LogP contribution >= 0.6 is 0 Å². The standard InChI is InChI=1S/C10H17N2O2/c1-2-6-13-8-9-14-7-5-12-4-3-11-10-12/h4,10H,2,5-9H2,1H3. The van der Waals surface area contributed by atoms with Crippen molar-refractivity contribution in [2.75, 3.05) is 26.4 Å². The van der Waals surface area contributed by atoms with Crippen molar-refractivity contribution >= 4 is 0 Å². The first kappa shape index (κ1) is 11.2. The minimum atomic E-state index is 0.665. The highest BCUT2D eigenvalue weighted by molar-refractivity contribution is 4.71. The Hall–Kier alpha value is -0.870. The number of imidazole rings is 1. The molecule has 0 aliphatic rings. The second kappa shape index (κ2) is 7.53. The normalized spacial score (nSPS) is 10.6. The van der Waals surface area contributed by atoms with Gasteiger partial charge in [-0.1, -0.05) is 6.92 Å². The molecule has 1 aromatic rings. The van der Waals surface area contributed by atoms with E-state index in [1.165, 1.54) is 0 Å². The third kappa shape index (κ3) is 4.99. The number of rotatable bonds is 8. The monoisotopic (exact) mass is 197 g/mol. The Morgan fingerprint density at radius 1 is 1.21 bits per heavy atom. The summed E-state index contributed by atoms with van der Waals surface area (Å²) in [7, 11) is 0. The molecule has 4 heteroatoms. The zero-order valence-electron chi connectivity index (χ0n) is 8.61. The Labute approximate surface area is 84.9 Å². The lowest BCUT2D eigenvalue weighted by atomic mass is 10.5. The lowest BCUT2D eigenvalue weighted by molar-refractivity contribution is 0.0451. The molecule has 79 valence electrons. The average molecular weight is 197 g/mol. The van der Waals surface area contributed by atoms with Gasteiger partial charge in [0.1, 0.15) is 6.20 Å². The highest BCUT2D eigenvalue weighted by Gasteiger charge is 1.91. The van der Waals surface area contributed by atoms with E-state index >= 15 is 0 Å². The van der Waals surface area contributed by atoms with Crippen LogP contribution in [0.2, 0.25) is 0 Å². The highest BCUT2D eigenvalue weighted by Crippen LogP contribution is 1.87. The van der Waals surface area contributed by atoms with E-state index in [9.17, 15) is 0 Å². The maximum Gasteiger partial charge on any atom is 0.108 e. The van der Waals surface area contributed by atoms with Crippen LogP contribution in [0.25, 0.3) is 0 Å². The van der Waals surface area contributed by atoms with Gasteiger partial charge >= 0.3 is 0 Å². The number of hydrogen-bond acceptors (Lipinski definition) is 3. The van der Waals surface area contributed by atoms with E-state index in [1.54, 1.807) is 12.5 Å².